The molecule has 0 aliphatic rings. The maximum Gasteiger partial charge on any atom is 0.306 e. The quantitative estimate of drug-likeness (QED) is 0.0261. The van der Waals surface area contributed by atoms with Gasteiger partial charge in [-0.15, -0.1) is 0 Å². The summed E-state index contributed by atoms with van der Waals surface area (Å²) in [6.07, 6.45) is 92.3. The minimum Gasteiger partial charge on any atom is -0.462 e. The van der Waals surface area contributed by atoms with E-state index in [2.05, 4.69) is 142 Å². The molecule has 0 fully saturated rings. The summed E-state index contributed by atoms with van der Waals surface area (Å²) in [6, 6.07) is 0. The second-order valence-electron chi connectivity index (χ2n) is 21.6. The zero-order valence-electron chi connectivity index (χ0n) is 51.6. The molecule has 0 aromatic heterocycles. The summed E-state index contributed by atoms with van der Waals surface area (Å²) in [5.41, 5.74) is 0. The summed E-state index contributed by atoms with van der Waals surface area (Å²) in [7, 11) is 0. The van der Waals surface area contributed by atoms with Gasteiger partial charge in [0.05, 0.1) is 0 Å². The first kappa shape index (κ1) is 74.8. The van der Waals surface area contributed by atoms with Gasteiger partial charge >= 0.3 is 17.9 Å². The monoisotopic (exact) mass is 1090 g/mol. The van der Waals surface area contributed by atoms with Crippen molar-refractivity contribution in [3.63, 3.8) is 0 Å². The van der Waals surface area contributed by atoms with Gasteiger partial charge in [-0.25, -0.2) is 0 Å². The molecule has 0 saturated heterocycles. The van der Waals surface area contributed by atoms with Crippen LogP contribution in [0.1, 0.15) is 303 Å². The molecule has 0 saturated carbocycles. The molecule has 0 amide bonds. The number of carbonyl (C=O) groups is 3. The zero-order chi connectivity index (χ0) is 57.1. The number of hydrogen-bond donors (Lipinski definition) is 0. The molecule has 0 bridgehead atoms. The smallest absolute Gasteiger partial charge is 0.306 e. The topological polar surface area (TPSA) is 78.9 Å². The van der Waals surface area contributed by atoms with Gasteiger partial charge in [0.25, 0.3) is 0 Å². The highest BCUT2D eigenvalue weighted by molar-refractivity contribution is 5.71. The Morgan fingerprint density at radius 1 is 0.266 bits per heavy atom. The van der Waals surface area contributed by atoms with E-state index >= 15 is 0 Å². The van der Waals surface area contributed by atoms with Crippen LogP contribution in [0.3, 0.4) is 0 Å². The summed E-state index contributed by atoms with van der Waals surface area (Å²) in [5.74, 6) is -0.933. The van der Waals surface area contributed by atoms with Gasteiger partial charge in [-0.05, 0) is 109 Å². The van der Waals surface area contributed by atoms with Gasteiger partial charge in [0.1, 0.15) is 13.2 Å². The molecule has 0 heterocycles. The van der Waals surface area contributed by atoms with Crippen LogP contribution in [-0.4, -0.2) is 37.2 Å². The molecular weight excluding hydrogens is 973 g/mol. The first-order valence-corrected chi connectivity index (χ1v) is 33.0. The molecule has 1 atom stereocenters. The van der Waals surface area contributed by atoms with Crippen LogP contribution in [0, 0.1) is 0 Å². The summed E-state index contributed by atoms with van der Waals surface area (Å²) >= 11 is 0. The van der Waals surface area contributed by atoms with E-state index in [1.54, 1.807) is 0 Å². The lowest BCUT2D eigenvalue weighted by Crippen LogP contribution is -2.30. The summed E-state index contributed by atoms with van der Waals surface area (Å²) in [4.78, 5) is 38.2. The van der Waals surface area contributed by atoms with E-state index in [1.807, 2.05) is 0 Å². The van der Waals surface area contributed by atoms with Crippen LogP contribution >= 0.6 is 0 Å². The highest BCUT2D eigenvalue weighted by Gasteiger charge is 2.19. The minimum absolute atomic E-state index is 0.0941. The number of esters is 3. The van der Waals surface area contributed by atoms with Crippen LogP contribution in [0.2, 0.25) is 0 Å². The zero-order valence-corrected chi connectivity index (χ0v) is 51.6. The molecule has 0 N–H and O–H groups in total. The van der Waals surface area contributed by atoms with Crippen LogP contribution in [-0.2, 0) is 28.6 Å². The predicted molar refractivity (Wildman–Crippen MR) is 343 cm³/mol. The Morgan fingerprint density at radius 3 is 0.797 bits per heavy atom. The lowest BCUT2D eigenvalue weighted by molar-refractivity contribution is -0.167. The second kappa shape index (κ2) is 66.3. The Morgan fingerprint density at radius 2 is 0.494 bits per heavy atom. The molecular formula is C73H122O6. The van der Waals surface area contributed by atoms with Crippen LogP contribution in [0.5, 0.6) is 0 Å². The molecule has 0 rings (SSSR count). The average molecular weight is 1100 g/mol. The van der Waals surface area contributed by atoms with Gasteiger partial charge in [0.2, 0.25) is 0 Å². The highest BCUT2D eigenvalue weighted by Crippen LogP contribution is 2.17. The third-order valence-electron chi connectivity index (χ3n) is 14.0. The van der Waals surface area contributed by atoms with Gasteiger partial charge in [0.15, 0.2) is 6.10 Å². The van der Waals surface area contributed by atoms with Crippen molar-refractivity contribution in [2.75, 3.05) is 13.2 Å². The van der Waals surface area contributed by atoms with Crippen molar-refractivity contribution in [3.05, 3.63) is 122 Å². The molecule has 79 heavy (non-hydrogen) atoms. The number of carbonyl (C=O) groups excluding carboxylic acids is 3. The average Bonchev–Trinajstić information content (AvgIpc) is 3.45. The Hall–Kier alpha value is -4.19. The largest absolute Gasteiger partial charge is 0.462 e. The second-order valence-corrected chi connectivity index (χ2v) is 21.6. The molecule has 0 aliphatic heterocycles. The lowest BCUT2D eigenvalue weighted by Gasteiger charge is -2.18. The molecule has 0 aromatic rings. The van der Waals surface area contributed by atoms with Crippen molar-refractivity contribution in [3.8, 4) is 0 Å². The van der Waals surface area contributed by atoms with E-state index in [9.17, 15) is 14.4 Å². The van der Waals surface area contributed by atoms with Crippen LogP contribution in [0.15, 0.2) is 122 Å². The van der Waals surface area contributed by atoms with Crippen LogP contribution in [0.25, 0.3) is 0 Å². The van der Waals surface area contributed by atoms with Crippen molar-refractivity contribution in [2.45, 2.75) is 309 Å². The molecule has 1 unspecified atom stereocenters. The lowest BCUT2D eigenvalue weighted by atomic mass is 10.0. The molecule has 6 heteroatoms. The fraction of sp³-hybridized carbons (Fsp3) is 0.685. The van der Waals surface area contributed by atoms with Crippen molar-refractivity contribution >= 4 is 17.9 Å². The first-order valence-electron chi connectivity index (χ1n) is 33.0. The van der Waals surface area contributed by atoms with E-state index in [1.165, 1.54) is 141 Å². The van der Waals surface area contributed by atoms with Gasteiger partial charge in [0, 0.05) is 19.3 Å². The number of hydrogen-bond acceptors (Lipinski definition) is 6. The molecule has 450 valence electrons. The molecule has 0 aromatic carbocycles. The van der Waals surface area contributed by atoms with E-state index in [4.69, 9.17) is 14.2 Å². The van der Waals surface area contributed by atoms with Gasteiger partial charge < -0.3 is 14.2 Å². The standard InChI is InChI=1S/C73H122O6/c1-4-7-10-13-16-19-21-23-25-27-29-31-32-33-34-35-36-37-38-39-40-42-43-45-47-49-51-54-57-60-63-66-72(75)78-69-70(68-77-71(74)65-62-59-56-53-18-15-12-9-6-3)79-73(76)67-64-61-58-55-52-50-48-46-44-41-30-28-26-24-22-20-17-14-11-8-5-2/h7-8,10-11,16-17,19-20,23-26,29-31,41,46,48,52,55,70H,4-6,9,12-15,18,21-22,27-28,32-40,42-45,47,49-51,53-54,56-69H2,1-3H3/b10-7-,11-8-,19-16-,20-17-,25-23-,26-24-,31-29-,41-30-,48-46-,55-52-. The van der Waals surface area contributed by atoms with Crippen molar-refractivity contribution < 1.29 is 28.6 Å². The molecule has 0 radical (unpaired) electrons. The number of allylic oxidation sites excluding steroid dienone is 20. The van der Waals surface area contributed by atoms with E-state index in [0.29, 0.717) is 19.3 Å². The van der Waals surface area contributed by atoms with Crippen molar-refractivity contribution in [1.82, 2.24) is 0 Å². The maximum absolute atomic E-state index is 12.9. The van der Waals surface area contributed by atoms with Gasteiger partial charge in [-0.2, -0.15) is 0 Å². The third kappa shape index (κ3) is 64.5. The summed E-state index contributed by atoms with van der Waals surface area (Å²) in [5, 5.41) is 0. The first-order chi connectivity index (χ1) is 39.0. The highest BCUT2D eigenvalue weighted by atomic mass is 16.6. The van der Waals surface area contributed by atoms with Crippen molar-refractivity contribution in [2.24, 2.45) is 0 Å². The Kier molecular flexibility index (Phi) is 62.8. The van der Waals surface area contributed by atoms with Crippen LogP contribution < -0.4 is 0 Å². The molecule has 0 spiro atoms. The van der Waals surface area contributed by atoms with E-state index in [-0.39, 0.29) is 37.5 Å². The van der Waals surface area contributed by atoms with Gasteiger partial charge in [-0.1, -0.05) is 296 Å². The molecule has 6 nitrogen and oxygen atoms in total. The Labute approximate surface area is 488 Å². The van der Waals surface area contributed by atoms with Crippen LogP contribution in [0.4, 0.5) is 0 Å². The van der Waals surface area contributed by atoms with Crippen molar-refractivity contribution in [1.29, 1.82) is 0 Å². The van der Waals surface area contributed by atoms with E-state index in [0.717, 1.165) is 116 Å². The SMILES string of the molecule is CC/C=C\C/C=C\C/C=C\C/C=C\C/C=C\C/C=C\CCCCC(=O)OC(COC(=O)CCCCCCCCCCC)COC(=O)CCCCCCCCCCCCCCCCCCCC/C=C\C/C=C\C/C=C\C/C=C\CC. The fourth-order valence-electron chi connectivity index (χ4n) is 9.09. The number of unbranched alkanes of at least 4 members (excludes halogenated alkanes) is 28. The Bertz CT molecular complexity index is 1640. The number of rotatable bonds is 59. The third-order valence-corrected chi connectivity index (χ3v) is 14.0. The van der Waals surface area contributed by atoms with Gasteiger partial charge in [-0.3, -0.25) is 14.4 Å². The minimum atomic E-state index is -0.801. The predicted octanol–water partition coefficient (Wildman–Crippen LogP) is 22.8. The summed E-state index contributed by atoms with van der Waals surface area (Å²) in [6.45, 7) is 6.38. The summed E-state index contributed by atoms with van der Waals surface area (Å²) < 4.78 is 16.8. The molecule has 0 aliphatic carbocycles. The maximum atomic E-state index is 12.9. The normalized spacial score (nSPS) is 12.9. The fourth-order valence-corrected chi connectivity index (χ4v) is 9.09. The Balaban J connectivity index is 4.20. The van der Waals surface area contributed by atoms with E-state index < -0.39 is 6.10 Å². The number of ether oxygens (including phenoxy) is 3.